The summed E-state index contributed by atoms with van der Waals surface area (Å²) in [5.74, 6) is 1.08. The van der Waals surface area contributed by atoms with Crippen molar-refractivity contribution in [2.45, 2.75) is 47.0 Å². The highest BCUT2D eigenvalue weighted by molar-refractivity contribution is 7.16. The first-order valence-corrected chi connectivity index (χ1v) is 9.94. The summed E-state index contributed by atoms with van der Waals surface area (Å²) in [4.78, 5) is 28.0. The van der Waals surface area contributed by atoms with Gasteiger partial charge in [-0.3, -0.25) is 9.69 Å². The summed E-state index contributed by atoms with van der Waals surface area (Å²) in [5, 5.41) is 3.54. The van der Waals surface area contributed by atoms with Crippen molar-refractivity contribution < 1.29 is 14.3 Å². The average Bonchev–Trinajstić information content (AvgIpc) is 2.90. The van der Waals surface area contributed by atoms with Gasteiger partial charge in [-0.2, -0.15) is 0 Å². The zero-order valence-electron chi connectivity index (χ0n) is 15.9. The van der Waals surface area contributed by atoms with Gasteiger partial charge < -0.3 is 10.1 Å². The number of hydrogen-bond acceptors (Lipinski definition) is 5. The molecule has 0 aromatic carbocycles. The molecule has 1 saturated heterocycles. The summed E-state index contributed by atoms with van der Waals surface area (Å²) < 4.78 is 5.13. The van der Waals surface area contributed by atoms with Crippen molar-refractivity contribution in [1.29, 1.82) is 0 Å². The molecule has 0 spiro atoms. The van der Waals surface area contributed by atoms with E-state index >= 15 is 0 Å². The van der Waals surface area contributed by atoms with Crippen molar-refractivity contribution in [1.82, 2.24) is 4.90 Å². The minimum atomic E-state index is -0.374. The number of hydrogen-bond donors (Lipinski definition) is 1. The molecule has 0 bridgehead atoms. The molecule has 1 N–H and O–H groups in total. The number of anilines is 1. The monoisotopic (exact) mass is 366 g/mol. The van der Waals surface area contributed by atoms with E-state index in [1.807, 2.05) is 6.07 Å². The van der Waals surface area contributed by atoms with Gasteiger partial charge in [-0.25, -0.2) is 4.79 Å². The van der Waals surface area contributed by atoms with Crippen LogP contribution in [0.25, 0.3) is 0 Å². The highest BCUT2D eigenvalue weighted by Gasteiger charge is 2.25. The van der Waals surface area contributed by atoms with Crippen LogP contribution in [0.1, 0.15) is 62.2 Å². The second kappa shape index (κ2) is 8.81. The third-order valence-electron chi connectivity index (χ3n) is 4.38. The number of ether oxygens (including phenoxy) is 1. The molecule has 25 heavy (non-hydrogen) atoms. The van der Waals surface area contributed by atoms with E-state index in [0.717, 1.165) is 18.0 Å². The third kappa shape index (κ3) is 5.54. The van der Waals surface area contributed by atoms with Crippen LogP contribution in [-0.4, -0.2) is 43.0 Å². The lowest BCUT2D eigenvalue weighted by molar-refractivity contribution is -0.117. The highest BCUT2D eigenvalue weighted by atomic mass is 32.1. The first-order valence-electron chi connectivity index (χ1n) is 9.13. The Morgan fingerprint density at radius 1 is 1.32 bits per heavy atom. The van der Waals surface area contributed by atoms with E-state index < -0.39 is 0 Å². The number of nitrogens with one attached hydrogen (secondary N) is 1. The van der Waals surface area contributed by atoms with Crippen LogP contribution in [0.3, 0.4) is 0 Å². The zero-order valence-corrected chi connectivity index (χ0v) is 16.7. The summed E-state index contributed by atoms with van der Waals surface area (Å²) >= 11 is 1.46. The minimum absolute atomic E-state index is 0.0657. The van der Waals surface area contributed by atoms with Crippen molar-refractivity contribution in [3.05, 3.63) is 16.5 Å². The number of amides is 1. The fourth-order valence-corrected chi connectivity index (χ4v) is 4.50. The quantitative estimate of drug-likeness (QED) is 0.774. The van der Waals surface area contributed by atoms with Crippen molar-refractivity contribution in [3.8, 4) is 0 Å². The Bertz CT molecular complexity index is 602. The average molecular weight is 367 g/mol. The topological polar surface area (TPSA) is 58.6 Å². The number of piperidine rings is 1. The van der Waals surface area contributed by atoms with Crippen LogP contribution in [0.4, 0.5) is 5.00 Å². The molecule has 1 aliphatic heterocycles. The molecule has 1 aliphatic rings. The maximum atomic E-state index is 12.5. The van der Waals surface area contributed by atoms with Crippen LogP contribution in [0.2, 0.25) is 0 Å². The van der Waals surface area contributed by atoms with Crippen LogP contribution in [0.5, 0.6) is 0 Å². The van der Waals surface area contributed by atoms with Gasteiger partial charge in [0.2, 0.25) is 5.91 Å². The summed E-state index contributed by atoms with van der Waals surface area (Å²) in [5.41, 5.74) is 0.462. The van der Waals surface area contributed by atoms with E-state index in [-0.39, 0.29) is 11.9 Å². The lowest BCUT2D eigenvalue weighted by Gasteiger charge is -2.34. The lowest BCUT2D eigenvalue weighted by atomic mass is 9.92. The van der Waals surface area contributed by atoms with Gasteiger partial charge >= 0.3 is 5.97 Å². The van der Waals surface area contributed by atoms with Crippen LogP contribution in [0, 0.1) is 11.8 Å². The maximum Gasteiger partial charge on any atom is 0.341 e. The summed E-state index contributed by atoms with van der Waals surface area (Å²) in [7, 11) is 0. The van der Waals surface area contributed by atoms with E-state index in [0.29, 0.717) is 41.5 Å². The predicted molar refractivity (Wildman–Crippen MR) is 102 cm³/mol. The molecule has 0 saturated carbocycles. The van der Waals surface area contributed by atoms with Crippen LogP contribution >= 0.6 is 11.3 Å². The van der Waals surface area contributed by atoms with Gasteiger partial charge in [0.1, 0.15) is 5.00 Å². The van der Waals surface area contributed by atoms with E-state index in [1.165, 1.54) is 17.8 Å². The van der Waals surface area contributed by atoms with Gasteiger partial charge in [0.05, 0.1) is 18.7 Å². The Balaban J connectivity index is 2.07. The molecule has 2 rings (SSSR count). The Morgan fingerprint density at radius 3 is 2.52 bits per heavy atom. The molecule has 5 nitrogen and oxygen atoms in total. The molecule has 0 radical (unpaired) electrons. The first-order chi connectivity index (χ1) is 11.8. The van der Waals surface area contributed by atoms with Gasteiger partial charge in [-0.15, -0.1) is 11.3 Å². The van der Waals surface area contributed by atoms with Crippen molar-refractivity contribution in [2.75, 3.05) is 31.6 Å². The van der Waals surface area contributed by atoms with E-state index in [4.69, 9.17) is 4.74 Å². The summed E-state index contributed by atoms with van der Waals surface area (Å²) in [6.45, 7) is 13.0. The zero-order chi connectivity index (χ0) is 18.6. The number of carbonyl (C=O) groups excluding carboxylic acids is 2. The van der Waals surface area contributed by atoms with Crippen LogP contribution < -0.4 is 5.32 Å². The molecular formula is C19H30N2O3S. The molecule has 2 heterocycles. The molecule has 1 fully saturated rings. The number of carbonyl (C=O) groups is 2. The largest absolute Gasteiger partial charge is 0.462 e. The van der Waals surface area contributed by atoms with E-state index in [1.54, 1.807) is 6.92 Å². The maximum absolute atomic E-state index is 12.5. The van der Waals surface area contributed by atoms with Gasteiger partial charge in [-0.1, -0.05) is 27.7 Å². The van der Waals surface area contributed by atoms with E-state index in [2.05, 4.69) is 37.9 Å². The smallest absolute Gasteiger partial charge is 0.341 e. The number of esters is 1. The normalized spacial score (nSPS) is 21.4. The Morgan fingerprint density at radius 2 is 1.96 bits per heavy atom. The lowest BCUT2D eigenvalue weighted by Crippen LogP contribution is -2.42. The van der Waals surface area contributed by atoms with Crippen LogP contribution in [0.15, 0.2) is 6.07 Å². The van der Waals surface area contributed by atoms with E-state index in [9.17, 15) is 9.59 Å². The molecule has 1 amide bonds. The van der Waals surface area contributed by atoms with Crippen molar-refractivity contribution >= 4 is 28.2 Å². The summed E-state index contributed by atoms with van der Waals surface area (Å²) in [6, 6.07) is 1.84. The van der Waals surface area contributed by atoms with Crippen LogP contribution in [-0.2, 0) is 9.53 Å². The number of likely N-dealkylation sites (tertiary alicyclic amines) is 1. The van der Waals surface area contributed by atoms with Crippen molar-refractivity contribution in [2.24, 2.45) is 11.8 Å². The molecule has 1 aromatic rings. The fraction of sp³-hybridized carbons (Fsp3) is 0.684. The summed E-state index contributed by atoms with van der Waals surface area (Å²) in [6.07, 6.45) is 1.22. The second-order valence-electron chi connectivity index (χ2n) is 7.46. The van der Waals surface area contributed by atoms with Gasteiger partial charge in [0.15, 0.2) is 0 Å². The van der Waals surface area contributed by atoms with Gasteiger partial charge in [0.25, 0.3) is 0 Å². The highest BCUT2D eigenvalue weighted by Crippen LogP contribution is 2.33. The molecular weight excluding hydrogens is 336 g/mol. The number of nitrogens with zero attached hydrogens (tertiary/aromatic N) is 1. The molecule has 2 atom stereocenters. The molecule has 1 aromatic heterocycles. The predicted octanol–water partition coefficient (Wildman–Crippen LogP) is 3.96. The van der Waals surface area contributed by atoms with Gasteiger partial charge in [-0.05, 0) is 37.2 Å². The Kier molecular flexibility index (Phi) is 7.02. The second-order valence-corrected chi connectivity index (χ2v) is 8.54. The number of rotatable bonds is 6. The Hall–Kier alpha value is -1.40. The Labute approximate surface area is 154 Å². The molecule has 0 unspecified atom stereocenters. The fourth-order valence-electron chi connectivity index (χ4n) is 3.44. The molecule has 140 valence electrons. The SMILES string of the molecule is CCOC(=O)c1cc(C(C)C)sc1NC(=O)CN1C[C@H](C)C[C@@H](C)C1. The first kappa shape index (κ1) is 19.9. The third-order valence-corrected chi connectivity index (χ3v) is 5.73. The molecule has 6 heteroatoms. The van der Waals surface area contributed by atoms with Gasteiger partial charge in [0, 0.05) is 18.0 Å². The minimum Gasteiger partial charge on any atom is -0.462 e. The number of thiophene rings is 1. The standard InChI is InChI=1S/C19H30N2O3S/c1-6-24-19(23)15-8-16(12(2)3)25-18(15)20-17(22)11-21-9-13(4)7-14(5)10-21/h8,12-14H,6-7,9-11H2,1-5H3,(H,20,22)/t13-,14-/m1/s1. The molecule has 0 aliphatic carbocycles. The van der Waals surface area contributed by atoms with Crippen molar-refractivity contribution in [3.63, 3.8) is 0 Å².